The van der Waals surface area contributed by atoms with Gasteiger partial charge < -0.3 is 14.8 Å². The van der Waals surface area contributed by atoms with Crippen LogP contribution in [0.5, 0.6) is 11.5 Å². The second-order valence-corrected chi connectivity index (χ2v) is 9.15. The number of nitrogens with zero attached hydrogens (tertiary/aromatic N) is 3. The number of amides is 1. The van der Waals surface area contributed by atoms with E-state index in [1.165, 1.54) is 0 Å². The van der Waals surface area contributed by atoms with E-state index in [1.54, 1.807) is 26.0 Å². The van der Waals surface area contributed by atoms with Crippen molar-refractivity contribution in [2.45, 2.75) is 24.4 Å². The zero-order chi connectivity index (χ0) is 25.2. The fraction of sp³-hybridized carbons (Fsp3) is 0.250. The number of thioether (sulfide) groups is 1. The lowest BCUT2D eigenvalue weighted by Crippen LogP contribution is -2.25. The first-order valence-electron chi connectivity index (χ1n) is 11.9. The molecule has 1 heterocycles. The molecular formula is C28H30N4O3S. The van der Waals surface area contributed by atoms with E-state index in [0.29, 0.717) is 24.5 Å². The molecule has 0 saturated carbocycles. The fourth-order valence-corrected chi connectivity index (χ4v) is 4.71. The van der Waals surface area contributed by atoms with Crippen LogP contribution < -0.4 is 14.8 Å². The number of hydrogen-bond acceptors (Lipinski definition) is 6. The lowest BCUT2D eigenvalue weighted by Gasteiger charge is -2.11. The zero-order valence-corrected chi connectivity index (χ0v) is 21.3. The molecule has 3 aromatic carbocycles. The minimum absolute atomic E-state index is 0.0468. The van der Waals surface area contributed by atoms with Crippen LogP contribution in [0.15, 0.2) is 84.0 Å². The SMILES string of the molecule is COc1ccc(CCNC(=O)CCCSc2nnc(-c3ccccc3)n2-c2ccccc2)cc1OC. The third-order valence-electron chi connectivity index (χ3n) is 5.64. The Kier molecular flexibility index (Phi) is 8.99. The Bertz CT molecular complexity index is 1260. The number of nitrogens with one attached hydrogen (secondary N) is 1. The summed E-state index contributed by atoms with van der Waals surface area (Å²) in [5.41, 5.74) is 3.10. The highest BCUT2D eigenvalue weighted by Crippen LogP contribution is 2.29. The molecule has 1 N–H and O–H groups in total. The largest absolute Gasteiger partial charge is 0.493 e. The maximum Gasteiger partial charge on any atom is 0.220 e. The van der Waals surface area contributed by atoms with Crippen LogP contribution in [-0.4, -0.2) is 47.2 Å². The van der Waals surface area contributed by atoms with Crippen LogP contribution in [-0.2, 0) is 11.2 Å². The molecule has 8 heteroatoms. The summed E-state index contributed by atoms with van der Waals surface area (Å²) >= 11 is 1.61. The maximum atomic E-state index is 12.3. The number of methoxy groups -OCH3 is 2. The van der Waals surface area contributed by atoms with E-state index in [1.807, 2.05) is 78.9 Å². The number of rotatable bonds is 12. The summed E-state index contributed by atoms with van der Waals surface area (Å²) in [4.78, 5) is 12.3. The first kappa shape index (κ1) is 25.3. The maximum absolute atomic E-state index is 12.3. The van der Waals surface area contributed by atoms with Crippen molar-refractivity contribution in [2.24, 2.45) is 0 Å². The van der Waals surface area contributed by atoms with Crippen LogP contribution >= 0.6 is 11.8 Å². The fourth-order valence-electron chi connectivity index (χ4n) is 3.81. The summed E-state index contributed by atoms with van der Waals surface area (Å²) < 4.78 is 12.7. The third-order valence-corrected chi connectivity index (χ3v) is 6.66. The van der Waals surface area contributed by atoms with Crippen molar-refractivity contribution >= 4 is 17.7 Å². The van der Waals surface area contributed by atoms with Crippen LogP contribution in [0.3, 0.4) is 0 Å². The van der Waals surface area contributed by atoms with E-state index in [2.05, 4.69) is 20.1 Å². The van der Waals surface area contributed by atoms with Gasteiger partial charge in [0.25, 0.3) is 0 Å². The number of ether oxygens (including phenoxy) is 2. The van der Waals surface area contributed by atoms with Crippen LogP contribution in [0.25, 0.3) is 17.1 Å². The Morgan fingerprint density at radius 3 is 2.36 bits per heavy atom. The first-order chi connectivity index (χ1) is 17.7. The van der Waals surface area contributed by atoms with Gasteiger partial charge in [-0.15, -0.1) is 10.2 Å². The van der Waals surface area contributed by atoms with Gasteiger partial charge >= 0.3 is 0 Å². The molecule has 1 aromatic heterocycles. The number of benzene rings is 3. The minimum Gasteiger partial charge on any atom is -0.493 e. The topological polar surface area (TPSA) is 78.3 Å². The van der Waals surface area contributed by atoms with Gasteiger partial charge in [0.05, 0.1) is 14.2 Å². The van der Waals surface area contributed by atoms with Gasteiger partial charge in [-0.1, -0.05) is 66.4 Å². The Hall–Kier alpha value is -3.78. The van der Waals surface area contributed by atoms with Gasteiger partial charge in [0.2, 0.25) is 5.91 Å². The molecule has 0 radical (unpaired) electrons. The first-order valence-corrected chi connectivity index (χ1v) is 12.8. The molecule has 0 atom stereocenters. The molecule has 4 aromatic rings. The summed E-state index contributed by atoms with van der Waals surface area (Å²) in [6.07, 6.45) is 1.93. The van der Waals surface area contributed by atoms with E-state index < -0.39 is 0 Å². The number of carbonyl (C=O) groups is 1. The van der Waals surface area contributed by atoms with Gasteiger partial charge in [0.1, 0.15) is 0 Å². The molecule has 36 heavy (non-hydrogen) atoms. The molecule has 0 aliphatic carbocycles. The van der Waals surface area contributed by atoms with Crippen molar-refractivity contribution in [2.75, 3.05) is 26.5 Å². The summed E-state index contributed by atoms with van der Waals surface area (Å²) in [5.74, 6) is 3.00. The van der Waals surface area contributed by atoms with Crippen molar-refractivity contribution in [3.63, 3.8) is 0 Å². The molecule has 0 saturated heterocycles. The Labute approximate surface area is 215 Å². The average Bonchev–Trinajstić information content (AvgIpc) is 3.36. The number of hydrogen-bond donors (Lipinski definition) is 1. The van der Waals surface area contributed by atoms with Crippen LogP contribution in [0.4, 0.5) is 0 Å². The van der Waals surface area contributed by atoms with Crippen molar-refractivity contribution in [1.82, 2.24) is 20.1 Å². The molecule has 0 spiro atoms. The van der Waals surface area contributed by atoms with Crippen LogP contribution in [0.2, 0.25) is 0 Å². The van der Waals surface area contributed by atoms with Gasteiger partial charge in [-0.2, -0.15) is 0 Å². The molecule has 7 nitrogen and oxygen atoms in total. The molecule has 0 aliphatic rings. The molecule has 0 bridgehead atoms. The Balaban J connectivity index is 1.28. The van der Waals surface area contributed by atoms with Gasteiger partial charge in [-0.3, -0.25) is 9.36 Å². The average molecular weight is 503 g/mol. The Morgan fingerprint density at radius 1 is 0.917 bits per heavy atom. The second kappa shape index (κ2) is 12.8. The van der Waals surface area contributed by atoms with Crippen molar-refractivity contribution < 1.29 is 14.3 Å². The summed E-state index contributed by atoms with van der Waals surface area (Å²) in [7, 11) is 3.23. The van der Waals surface area contributed by atoms with E-state index in [-0.39, 0.29) is 5.91 Å². The van der Waals surface area contributed by atoms with Crippen molar-refractivity contribution in [1.29, 1.82) is 0 Å². The lowest BCUT2D eigenvalue weighted by atomic mass is 10.1. The summed E-state index contributed by atoms with van der Waals surface area (Å²) in [5, 5.41) is 12.7. The van der Waals surface area contributed by atoms with E-state index in [9.17, 15) is 4.79 Å². The van der Waals surface area contributed by atoms with Gasteiger partial charge in [0.15, 0.2) is 22.5 Å². The van der Waals surface area contributed by atoms with Crippen LogP contribution in [0, 0.1) is 0 Å². The second-order valence-electron chi connectivity index (χ2n) is 8.08. The van der Waals surface area contributed by atoms with E-state index >= 15 is 0 Å². The standard InChI is InChI=1S/C28H30N4O3S/c1-34-24-16-15-21(20-25(24)35-2)17-18-29-26(33)14-9-19-36-28-31-30-27(22-10-5-3-6-11-22)32(28)23-12-7-4-8-13-23/h3-8,10-13,15-16,20H,9,14,17-19H2,1-2H3,(H,29,33). The quantitative estimate of drug-likeness (QED) is 0.212. The molecule has 0 fully saturated rings. The lowest BCUT2D eigenvalue weighted by molar-refractivity contribution is -0.121. The molecule has 0 unspecified atom stereocenters. The minimum atomic E-state index is 0.0468. The van der Waals surface area contributed by atoms with Crippen molar-refractivity contribution in [3.05, 3.63) is 84.4 Å². The van der Waals surface area contributed by atoms with E-state index in [4.69, 9.17) is 9.47 Å². The smallest absolute Gasteiger partial charge is 0.220 e. The van der Waals surface area contributed by atoms with Gasteiger partial charge in [-0.05, 0) is 42.7 Å². The highest BCUT2D eigenvalue weighted by atomic mass is 32.2. The molecule has 0 aliphatic heterocycles. The molecule has 4 rings (SSSR count). The number of aromatic nitrogens is 3. The number of carbonyl (C=O) groups excluding carboxylic acids is 1. The monoisotopic (exact) mass is 502 g/mol. The zero-order valence-electron chi connectivity index (χ0n) is 20.5. The predicted octanol–water partition coefficient (Wildman–Crippen LogP) is 5.18. The van der Waals surface area contributed by atoms with Gasteiger partial charge in [-0.25, -0.2) is 0 Å². The molecule has 186 valence electrons. The highest BCUT2D eigenvalue weighted by Gasteiger charge is 2.16. The normalized spacial score (nSPS) is 10.7. The van der Waals surface area contributed by atoms with Gasteiger partial charge in [0, 0.05) is 30.0 Å². The van der Waals surface area contributed by atoms with Crippen molar-refractivity contribution in [3.8, 4) is 28.6 Å². The number of para-hydroxylation sites is 1. The summed E-state index contributed by atoms with van der Waals surface area (Å²) in [6.45, 7) is 0.574. The van der Waals surface area contributed by atoms with Crippen LogP contribution in [0.1, 0.15) is 18.4 Å². The highest BCUT2D eigenvalue weighted by molar-refractivity contribution is 7.99. The third kappa shape index (κ3) is 6.46. The molecular weight excluding hydrogens is 472 g/mol. The predicted molar refractivity (Wildman–Crippen MR) is 143 cm³/mol. The molecule has 1 amide bonds. The summed E-state index contributed by atoms with van der Waals surface area (Å²) in [6, 6.07) is 25.9. The Morgan fingerprint density at radius 2 is 1.64 bits per heavy atom. The van der Waals surface area contributed by atoms with E-state index in [0.717, 1.165) is 46.4 Å².